The van der Waals surface area contributed by atoms with Gasteiger partial charge in [0.2, 0.25) is 5.75 Å². The fourth-order valence-corrected chi connectivity index (χ4v) is 5.27. The lowest BCUT2D eigenvalue weighted by Crippen LogP contribution is -2.39. The highest BCUT2D eigenvalue weighted by molar-refractivity contribution is 7.07. The lowest BCUT2D eigenvalue weighted by Gasteiger charge is -2.24. The SMILES string of the molecule is CCOC(=O)C1=C(C)N=c2s/c(=C\c3ccc(OC)c(OC)c3OC)c(=O)n2C1c1ccc(C)cc1. The van der Waals surface area contributed by atoms with E-state index in [4.69, 9.17) is 18.9 Å². The lowest BCUT2D eigenvalue weighted by molar-refractivity contribution is -0.139. The van der Waals surface area contributed by atoms with Crippen LogP contribution in [0.3, 0.4) is 0 Å². The number of aryl methyl sites for hydroxylation is 1. The maximum absolute atomic E-state index is 13.8. The molecule has 0 aliphatic carbocycles. The van der Waals surface area contributed by atoms with E-state index in [0.29, 0.717) is 43.4 Å². The minimum Gasteiger partial charge on any atom is -0.493 e. The molecule has 188 valence electrons. The number of ether oxygens (including phenoxy) is 4. The third-order valence-corrected chi connectivity index (χ3v) is 6.91. The number of nitrogens with zero attached hydrogens (tertiary/aromatic N) is 2. The molecule has 0 amide bonds. The fourth-order valence-electron chi connectivity index (χ4n) is 4.23. The molecule has 0 fully saturated rings. The van der Waals surface area contributed by atoms with Gasteiger partial charge in [-0.1, -0.05) is 41.2 Å². The third kappa shape index (κ3) is 4.42. The summed E-state index contributed by atoms with van der Waals surface area (Å²) in [5.41, 5.74) is 3.13. The van der Waals surface area contributed by atoms with Gasteiger partial charge >= 0.3 is 5.97 Å². The van der Waals surface area contributed by atoms with E-state index in [9.17, 15) is 9.59 Å². The average Bonchev–Trinajstić information content (AvgIpc) is 3.17. The molecule has 0 saturated carbocycles. The highest BCUT2D eigenvalue weighted by Gasteiger charge is 2.33. The summed E-state index contributed by atoms with van der Waals surface area (Å²) < 4.78 is 23.8. The van der Waals surface area contributed by atoms with Crippen molar-refractivity contribution in [3.63, 3.8) is 0 Å². The van der Waals surface area contributed by atoms with Gasteiger partial charge in [-0.2, -0.15) is 0 Å². The molecule has 0 saturated heterocycles. The number of benzene rings is 2. The number of carbonyl (C=O) groups is 1. The van der Waals surface area contributed by atoms with Crippen molar-refractivity contribution in [2.24, 2.45) is 4.99 Å². The number of carbonyl (C=O) groups excluding carboxylic acids is 1. The van der Waals surface area contributed by atoms with Crippen LogP contribution in [-0.4, -0.2) is 38.5 Å². The van der Waals surface area contributed by atoms with Gasteiger partial charge in [0, 0.05) is 5.56 Å². The van der Waals surface area contributed by atoms with E-state index in [0.717, 1.165) is 11.1 Å². The Morgan fingerprint density at radius 1 is 1.03 bits per heavy atom. The molecule has 0 spiro atoms. The molecular formula is C27H28N2O6S. The van der Waals surface area contributed by atoms with Crippen LogP contribution in [-0.2, 0) is 9.53 Å². The number of methoxy groups -OCH3 is 3. The van der Waals surface area contributed by atoms with Gasteiger partial charge in [-0.05, 0) is 44.5 Å². The van der Waals surface area contributed by atoms with Gasteiger partial charge in [0.05, 0.1) is 49.8 Å². The molecule has 8 nitrogen and oxygen atoms in total. The van der Waals surface area contributed by atoms with Crippen molar-refractivity contribution in [3.05, 3.63) is 84.0 Å². The second-order valence-electron chi connectivity index (χ2n) is 8.14. The molecule has 1 aliphatic rings. The van der Waals surface area contributed by atoms with Crippen LogP contribution in [0.5, 0.6) is 17.2 Å². The largest absolute Gasteiger partial charge is 0.493 e. The number of aromatic nitrogens is 1. The van der Waals surface area contributed by atoms with Crippen molar-refractivity contribution in [1.29, 1.82) is 0 Å². The van der Waals surface area contributed by atoms with Crippen LogP contribution >= 0.6 is 11.3 Å². The predicted molar refractivity (Wildman–Crippen MR) is 138 cm³/mol. The summed E-state index contributed by atoms with van der Waals surface area (Å²) in [6.07, 6.45) is 1.74. The van der Waals surface area contributed by atoms with Crippen LogP contribution < -0.4 is 29.1 Å². The molecule has 0 radical (unpaired) electrons. The Labute approximate surface area is 212 Å². The van der Waals surface area contributed by atoms with Crippen molar-refractivity contribution in [3.8, 4) is 17.2 Å². The van der Waals surface area contributed by atoms with E-state index < -0.39 is 12.0 Å². The van der Waals surface area contributed by atoms with E-state index in [2.05, 4.69) is 4.99 Å². The summed E-state index contributed by atoms with van der Waals surface area (Å²) >= 11 is 1.25. The topological polar surface area (TPSA) is 88.4 Å². The van der Waals surface area contributed by atoms with Crippen LogP contribution in [0, 0.1) is 6.92 Å². The van der Waals surface area contributed by atoms with Gasteiger partial charge < -0.3 is 18.9 Å². The maximum atomic E-state index is 13.8. The minimum atomic E-state index is -0.657. The molecule has 2 heterocycles. The van der Waals surface area contributed by atoms with Gasteiger partial charge in [0.1, 0.15) is 0 Å². The predicted octanol–water partition coefficient (Wildman–Crippen LogP) is 3.13. The smallest absolute Gasteiger partial charge is 0.338 e. The Bertz CT molecular complexity index is 1520. The lowest BCUT2D eigenvalue weighted by atomic mass is 9.95. The Kier molecular flexibility index (Phi) is 7.30. The van der Waals surface area contributed by atoms with Crippen molar-refractivity contribution in [2.75, 3.05) is 27.9 Å². The Morgan fingerprint density at radius 3 is 2.33 bits per heavy atom. The van der Waals surface area contributed by atoms with Gasteiger partial charge in [0.25, 0.3) is 5.56 Å². The van der Waals surface area contributed by atoms with E-state index >= 15 is 0 Å². The number of fused-ring (bicyclic) bond motifs is 1. The van der Waals surface area contributed by atoms with E-state index in [1.54, 1.807) is 43.7 Å². The van der Waals surface area contributed by atoms with Crippen LogP contribution in [0.25, 0.3) is 6.08 Å². The zero-order valence-corrected chi connectivity index (χ0v) is 21.9. The summed E-state index contributed by atoms with van der Waals surface area (Å²) in [6, 6.07) is 10.7. The zero-order chi connectivity index (χ0) is 26.0. The number of hydrogen-bond donors (Lipinski definition) is 0. The average molecular weight is 509 g/mol. The number of thiazole rings is 1. The molecule has 9 heteroatoms. The van der Waals surface area contributed by atoms with Crippen LogP contribution in [0.2, 0.25) is 0 Å². The van der Waals surface area contributed by atoms with E-state index in [-0.39, 0.29) is 12.2 Å². The molecule has 36 heavy (non-hydrogen) atoms. The van der Waals surface area contributed by atoms with Crippen LogP contribution in [0.1, 0.15) is 36.6 Å². The molecule has 3 aromatic rings. The zero-order valence-electron chi connectivity index (χ0n) is 21.1. The Morgan fingerprint density at radius 2 is 1.72 bits per heavy atom. The molecule has 1 atom stereocenters. The van der Waals surface area contributed by atoms with Crippen molar-refractivity contribution in [2.45, 2.75) is 26.8 Å². The first-order valence-electron chi connectivity index (χ1n) is 11.4. The molecule has 1 unspecified atom stereocenters. The molecule has 1 aliphatic heterocycles. The van der Waals surface area contributed by atoms with Crippen molar-refractivity contribution < 1.29 is 23.7 Å². The first-order valence-corrected chi connectivity index (χ1v) is 12.2. The van der Waals surface area contributed by atoms with Gasteiger partial charge in [-0.15, -0.1) is 0 Å². The van der Waals surface area contributed by atoms with Crippen molar-refractivity contribution >= 4 is 23.4 Å². The summed E-state index contributed by atoms with van der Waals surface area (Å²) in [5.74, 6) is 0.905. The first kappa shape index (κ1) is 25.2. The summed E-state index contributed by atoms with van der Waals surface area (Å²) in [7, 11) is 4.60. The normalized spacial score (nSPS) is 15.3. The monoisotopic (exact) mass is 508 g/mol. The van der Waals surface area contributed by atoms with Crippen LogP contribution in [0.4, 0.5) is 0 Å². The van der Waals surface area contributed by atoms with Crippen molar-refractivity contribution in [1.82, 2.24) is 4.57 Å². The molecule has 4 rings (SSSR count). The molecular weight excluding hydrogens is 480 g/mol. The second-order valence-corrected chi connectivity index (χ2v) is 9.15. The first-order chi connectivity index (χ1) is 17.3. The second kappa shape index (κ2) is 10.4. The van der Waals surface area contributed by atoms with Gasteiger partial charge in [-0.3, -0.25) is 9.36 Å². The summed E-state index contributed by atoms with van der Waals surface area (Å²) in [5, 5.41) is 0. The number of allylic oxidation sites excluding steroid dienone is 1. The maximum Gasteiger partial charge on any atom is 0.338 e. The fraction of sp³-hybridized carbons (Fsp3) is 0.296. The van der Waals surface area contributed by atoms with Crippen LogP contribution in [0.15, 0.2) is 57.5 Å². The summed E-state index contributed by atoms with van der Waals surface area (Å²) in [6.45, 7) is 5.72. The number of esters is 1. The highest BCUT2D eigenvalue weighted by Crippen LogP contribution is 2.40. The number of hydrogen-bond acceptors (Lipinski definition) is 8. The minimum absolute atomic E-state index is 0.222. The Balaban J connectivity index is 1.97. The van der Waals surface area contributed by atoms with Gasteiger partial charge in [0.15, 0.2) is 16.3 Å². The quantitative estimate of drug-likeness (QED) is 0.456. The number of rotatable bonds is 7. The molecule has 1 aromatic heterocycles. The van der Waals surface area contributed by atoms with E-state index in [1.165, 1.54) is 25.6 Å². The molecule has 0 N–H and O–H groups in total. The summed E-state index contributed by atoms with van der Waals surface area (Å²) in [4.78, 5) is 31.9. The third-order valence-electron chi connectivity index (χ3n) is 5.93. The standard InChI is InChI=1S/C27H28N2O6S/c1-7-35-26(31)21-16(3)28-27-29(22(21)17-10-8-15(2)9-11-17)25(30)20(36-27)14-18-12-13-19(32-4)24(34-6)23(18)33-5/h8-14,22H,7H2,1-6H3/b20-14-. The van der Waals surface area contributed by atoms with E-state index in [1.807, 2.05) is 31.2 Å². The highest BCUT2D eigenvalue weighted by atomic mass is 32.1. The Hall–Kier alpha value is -3.85. The van der Waals surface area contributed by atoms with Gasteiger partial charge in [-0.25, -0.2) is 9.79 Å². The molecule has 0 bridgehead atoms. The molecule has 2 aromatic carbocycles.